The zero-order valence-electron chi connectivity index (χ0n) is 6.87. The maximum atomic E-state index is 5.49. The lowest BCUT2D eigenvalue weighted by atomic mass is 10.4. The number of nitrogens with two attached hydrogens (primary N) is 1. The van der Waals surface area contributed by atoms with Gasteiger partial charge in [0.2, 0.25) is 0 Å². The lowest BCUT2D eigenvalue weighted by molar-refractivity contribution is 0.456. The van der Waals surface area contributed by atoms with Gasteiger partial charge in [0.15, 0.2) is 5.17 Å². The van der Waals surface area contributed by atoms with E-state index in [2.05, 4.69) is 16.0 Å². The molecule has 0 unspecified atom stereocenters. The number of hydrogen-bond donors (Lipinski definition) is 1. The minimum Gasteiger partial charge on any atom is -0.378 e. The van der Waals surface area contributed by atoms with Crippen molar-refractivity contribution in [1.82, 2.24) is 4.90 Å². The Bertz CT molecular complexity index is 196. The van der Waals surface area contributed by atoms with Crippen molar-refractivity contribution in [2.75, 3.05) is 27.2 Å². The molecule has 1 aliphatic rings. The van der Waals surface area contributed by atoms with Gasteiger partial charge in [0.25, 0.3) is 0 Å². The Balaban J connectivity index is 2.34. The van der Waals surface area contributed by atoms with Crippen molar-refractivity contribution in [2.45, 2.75) is 0 Å². The quantitative estimate of drug-likeness (QED) is 0.657. The van der Waals surface area contributed by atoms with E-state index in [1.807, 2.05) is 14.1 Å². The fourth-order valence-electron chi connectivity index (χ4n) is 0.745. The first-order chi connectivity index (χ1) is 5.18. The van der Waals surface area contributed by atoms with Crippen LogP contribution in [0, 0.1) is 0 Å². The fraction of sp³-hybridized carbons (Fsp3) is 0.571. The predicted octanol–water partition coefficient (Wildman–Crippen LogP) is 0.493. The number of amidine groups is 1. The minimum atomic E-state index is 0.690. The van der Waals surface area contributed by atoms with Gasteiger partial charge in [-0.15, -0.1) is 0 Å². The molecule has 0 saturated heterocycles. The van der Waals surface area contributed by atoms with Gasteiger partial charge < -0.3 is 10.6 Å². The molecule has 0 amide bonds. The molecule has 62 valence electrons. The van der Waals surface area contributed by atoms with Gasteiger partial charge in [-0.3, -0.25) is 4.99 Å². The van der Waals surface area contributed by atoms with Gasteiger partial charge in [0.05, 0.1) is 6.54 Å². The van der Waals surface area contributed by atoms with Crippen molar-refractivity contribution in [3.8, 4) is 0 Å². The van der Waals surface area contributed by atoms with Crippen LogP contribution in [0.5, 0.6) is 0 Å². The maximum absolute atomic E-state index is 5.49. The third-order valence-corrected chi connectivity index (χ3v) is 2.21. The summed E-state index contributed by atoms with van der Waals surface area (Å²) in [5.74, 6) is 0. The summed E-state index contributed by atoms with van der Waals surface area (Å²) in [6.07, 6.45) is 2.16. The maximum Gasteiger partial charge on any atom is 0.158 e. The summed E-state index contributed by atoms with van der Waals surface area (Å²) in [5.41, 5.74) is 5.49. The topological polar surface area (TPSA) is 41.6 Å². The van der Waals surface area contributed by atoms with Gasteiger partial charge in [0.1, 0.15) is 0 Å². The van der Waals surface area contributed by atoms with Gasteiger partial charge in [-0.05, 0) is 14.1 Å². The summed E-state index contributed by atoms with van der Waals surface area (Å²) >= 11 is 1.57. The van der Waals surface area contributed by atoms with Crippen LogP contribution in [0.15, 0.2) is 16.0 Å². The summed E-state index contributed by atoms with van der Waals surface area (Å²) in [6, 6.07) is 0. The van der Waals surface area contributed by atoms with E-state index in [9.17, 15) is 0 Å². The van der Waals surface area contributed by atoms with E-state index in [0.717, 1.165) is 13.1 Å². The van der Waals surface area contributed by atoms with E-state index in [-0.39, 0.29) is 0 Å². The Labute approximate surface area is 71.4 Å². The Kier molecular flexibility index (Phi) is 2.96. The SMILES string of the molecule is CN(C)CC=C1CN=C(N)S1. The van der Waals surface area contributed by atoms with Crippen molar-refractivity contribution in [3.63, 3.8) is 0 Å². The molecule has 1 aliphatic heterocycles. The predicted molar refractivity (Wildman–Crippen MR) is 50.7 cm³/mol. The zero-order chi connectivity index (χ0) is 8.27. The molecule has 1 heterocycles. The molecule has 11 heavy (non-hydrogen) atoms. The molecule has 0 aromatic heterocycles. The van der Waals surface area contributed by atoms with E-state index in [4.69, 9.17) is 5.73 Å². The average molecular weight is 171 g/mol. The number of rotatable bonds is 2. The van der Waals surface area contributed by atoms with Crippen LogP contribution in [-0.4, -0.2) is 37.3 Å². The Morgan fingerprint density at radius 2 is 2.45 bits per heavy atom. The first-order valence-electron chi connectivity index (χ1n) is 3.50. The molecule has 0 aliphatic carbocycles. The highest BCUT2D eigenvalue weighted by Gasteiger charge is 2.07. The Morgan fingerprint density at radius 3 is 2.91 bits per heavy atom. The van der Waals surface area contributed by atoms with Crippen LogP contribution in [0.25, 0.3) is 0 Å². The summed E-state index contributed by atoms with van der Waals surface area (Å²) in [6.45, 7) is 1.73. The molecular formula is C7H13N3S. The van der Waals surface area contributed by atoms with Gasteiger partial charge in [0, 0.05) is 11.4 Å². The number of likely N-dealkylation sites (N-methyl/N-ethyl adjacent to an activating group) is 1. The summed E-state index contributed by atoms with van der Waals surface area (Å²) < 4.78 is 0. The highest BCUT2D eigenvalue weighted by Crippen LogP contribution is 2.21. The second-order valence-electron chi connectivity index (χ2n) is 2.69. The lowest BCUT2D eigenvalue weighted by Crippen LogP contribution is -2.11. The minimum absolute atomic E-state index is 0.690. The highest BCUT2D eigenvalue weighted by molar-refractivity contribution is 8.17. The van der Waals surface area contributed by atoms with E-state index < -0.39 is 0 Å². The van der Waals surface area contributed by atoms with Crippen LogP contribution in [0.1, 0.15) is 0 Å². The van der Waals surface area contributed by atoms with E-state index >= 15 is 0 Å². The second-order valence-corrected chi connectivity index (χ2v) is 3.84. The number of thioether (sulfide) groups is 1. The van der Waals surface area contributed by atoms with Crippen LogP contribution < -0.4 is 5.73 Å². The molecule has 1 rings (SSSR count). The largest absolute Gasteiger partial charge is 0.378 e. The molecule has 0 saturated carbocycles. The number of aliphatic imine (C=N–C) groups is 1. The van der Waals surface area contributed by atoms with Gasteiger partial charge in [-0.25, -0.2) is 0 Å². The zero-order valence-corrected chi connectivity index (χ0v) is 7.69. The molecule has 2 N–H and O–H groups in total. The van der Waals surface area contributed by atoms with Crippen LogP contribution in [-0.2, 0) is 0 Å². The summed E-state index contributed by atoms with van der Waals surface area (Å²) in [7, 11) is 4.09. The molecule has 0 fully saturated rings. The molecule has 0 aromatic rings. The first kappa shape index (κ1) is 8.62. The number of hydrogen-bond acceptors (Lipinski definition) is 4. The van der Waals surface area contributed by atoms with E-state index in [1.165, 1.54) is 4.91 Å². The molecule has 0 bridgehead atoms. The summed E-state index contributed by atoms with van der Waals surface area (Å²) in [5, 5.41) is 0.690. The Morgan fingerprint density at radius 1 is 1.73 bits per heavy atom. The monoisotopic (exact) mass is 171 g/mol. The third-order valence-electron chi connectivity index (χ3n) is 1.31. The summed E-state index contributed by atoms with van der Waals surface area (Å²) in [4.78, 5) is 7.44. The molecule has 3 nitrogen and oxygen atoms in total. The van der Waals surface area contributed by atoms with Crippen molar-refractivity contribution in [1.29, 1.82) is 0 Å². The molecule has 0 spiro atoms. The molecule has 0 aromatic carbocycles. The highest BCUT2D eigenvalue weighted by atomic mass is 32.2. The Hall–Kier alpha value is -0.480. The number of nitrogens with zero attached hydrogens (tertiary/aromatic N) is 2. The van der Waals surface area contributed by atoms with Crippen LogP contribution >= 0.6 is 11.8 Å². The van der Waals surface area contributed by atoms with Crippen molar-refractivity contribution in [2.24, 2.45) is 10.7 Å². The van der Waals surface area contributed by atoms with E-state index in [1.54, 1.807) is 11.8 Å². The smallest absolute Gasteiger partial charge is 0.158 e. The average Bonchev–Trinajstić information content (AvgIpc) is 2.31. The first-order valence-corrected chi connectivity index (χ1v) is 4.31. The van der Waals surface area contributed by atoms with Crippen LogP contribution in [0.4, 0.5) is 0 Å². The van der Waals surface area contributed by atoms with Gasteiger partial charge >= 0.3 is 0 Å². The van der Waals surface area contributed by atoms with Gasteiger partial charge in [-0.1, -0.05) is 17.8 Å². The van der Waals surface area contributed by atoms with Crippen molar-refractivity contribution >= 4 is 16.9 Å². The molecular weight excluding hydrogens is 158 g/mol. The molecule has 0 atom stereocenters. The van der Waals surface area contributed by atoms with Crippen molar-refractivity contribution < 1.29 is 0 Å². The fourth-order valence-corrected chi connectivity index (χ4v) is 1.43. The van der Waals surface area contributed by atoms with Gasteiger partial charge in [-0.2, -0.15) is 0 Å². The normalized spacial score (nSPS) is 21.4. The van der Waals surface area contributed by atoms with Crippen LogP contribution in [0.2, 0.25) is 0 Å². The van der Waals surface area contributed by atoms with E-state index in [0.29, 0.717) is 5.17 Å². The molecule has 0 radical (unpaired) electrons. The lowest BCUT2D eigenvalue weighted by Gasteiger charge is -2.04. The van der Waals surface area contributed by atoms with Crippen molar-refractivity contribution in [3.05, 3.63) is 11.0 Å². The third kappa shape index (κ3) is 2.95. The second kappa shape index (κ2) is 3.78. The standard InChI is InChI=1S/C7H13N3S/c1-10(2)4-3-6-5-9-7(8)11-6/h3H,4-5H2,1-2H3,(H2,8,9). The molecule has 4 heteroatoms. The van der Waals surface area contributed by atoms with Crippen LogP contribution in [0.3, 0.4) is 0 Å².